The van der Waals surface area contributed by atoms with Gasteiger partial charge in [0.25, 0.3) is 0 Å². The summed E-state index contributed by atoms with van der Waals surface area (Å²) >= 11 is 0. The van der Waals surface area contributed by atoms with E-state index < -0.39 is 5.60 Å². The summed E-state index contributed by atoms with van der Waals surface area (Å²) < 4.78 is 19.1. The zero-order valence-corrected chi connectivity index (χ0v) is 20.2. The largest absolute Gasteiger partial charge is 0.444 e. The van der Waals surface area contributed by atoms with Gasteiger partial charge in [0.15, 0.2) is 5.96 Å². The van der Waals surface area contributed by atoms with E-state index in [1.165, 1.54) is 6.07 Å². The maximum Gasteiger partial charge on any atom is 0.410 e. The van der Waals surface area contributed by atoms with Crippen molar-refractivity contribution >= 4 is 36.0 Å². The predicted molar refractivity (Wildman–Crippen MR) is 125 cm³/mol. The normalized spacial score (nSPS) is 15.5. The average molecular weight is 520 g/mol. The highest BCUT2D eigenvalue weighted by molar-refractivity contribution is 14.0. The Labute approximate surface area is 190 Å². The molecular weight excluding hydrogens is 486 g/mol. The quantitative estimate of drug-likeness (QED) is 0.352. The molecule has 1 amide bonds. The number of ether oxygens (including phenoxy) is 1. The summed E-state index contributed by atoms with van der Waals surface area (Å²) in [7, 11) is 1.73. The van der Waals surface area contributed by atoms with Gasteiger partial charge >= 0.3 is 6.09 Å². The van der Waals surface area contributed by atoms with Gasteiger partial charge in [0.2, 0.25) is 0 Å². The zero-order valence-electron chi connectivity index (χ0n) is 17.8. The van der Waals surface area contributed by atoms with Crippen molar-refractivity contribution in [3.8, 4) is 0 Å². The van der Waals surface area contributed by atoms with Crippen molar-refractivity contribution in [2.75, 3.05) is 33.2 Å². The van der Waals surface area contributed by atoms with Gasteiger partial charge in [-0.1, -0.05) is 18.2 Å². The Morgan fingerprint density at radius 2 is 1.90 bits per heavy atom. The van der Waals surface area contributed by atoms with E-state index >= 15 is 0 Å². The first kappa shape index (κ1) is 25.5. The topological polar surface area (TPSA) is 66.0 Å². The molecule has 0 radical (unpaired) electrons. The van der Waals surface area contributed by atoms with Crippen LogP contribution in [0.25, 0.3) is 0 Å². The maximum absolute atomic E-state index is 13.7. The van der Waals surface area contributed by atoms with E-state index in [0.29, 0.717) is 43.5 Å². The number of guanidine groups is 1. The first-order valence-electron chi connectivity index (χ1n) is 9.94. The number of amides is 1. The molecule has 0 bridgehead atoms. The van der Waals surface area contributed by atoms with Crippen molar-refractivity contribution in [2.24, 2.45) is 10.9 Å². The lowest BCUT2D eigenvalue weighted by Crippen LogP contribution is -2.45. The second-order valence-electron chi connectivity index (χ2n) is 8.13. The summed E-state index contributed by atoms with van der Waals surface area (Å²) in [6.07, 6.45) is 2.23. The molecule has 6 nitrogen and oxygen atoms in total. The van der Waals surface area contributed by atoms with Crippen LogP contribution in [0.3, 0.4) is 0 Å². The maximum atomic E-state index is 13.7. The number of piperidine rings is 1. The molecule has 0 aromatic heterocycles. The fraction of sp³-hybridized carbons (Fsp3) is 0.619. The molecule has 8 heteroatoms. The van der Waals surface area contributed by atoms with Gasteiger partial charge in [0.1, 0.15) is 11.4 Å². The van der Waals surface area contributed by atoms with Crippen LogP contribution in [0.15, 0.2) is 29.3 Å². The van der Waals surface area contributed by atoms with Gasteiger partial charge in [-0.2, -0.15) is 0 Å². The minimum atomic E-state index is -0.462. The highest BCUT2D eigenvalue weighted by atomic mass is 127. The summed E-state index contributed by atoms with van der Waals surface area (Å²) in [5.41, 5.74) is 0.232. The molecule has 1 aromatic rings. The molecule has 2 N–H and O–H groups in total. The summed E-state index contributed by atoms with van der Waals surface area (Å²) in [6.45, 7) is 8.46. The summed E-state index contributed by atoms with van der Waals surface area (Å²) in [5.74, 6) is 1.01. The highest BCUT2D eigenvalue weighted by Gasteiger charge is 2.26. The van der Waals surface area contributed by atoms with Gasteiger partial charge in [0, 0.05) is 33.2 Å². The van der Waals surface area contributed by atoms with Crippen LogP contribution in [0.2, 0.25) is 0 Å². The van der Waals surface area contributed by atoms with Crippen LogP contribution in [0.4, 0.5) is 9.18 Å². The molecule has 0 atom stereocenters. The Hall–Kier alpha value is -1.58. The molecule has 1 heterocycles. The van der Waals surface area contributed by atoms with Gasteiger partial charge in [-0.3, -0.25) is 4.99 Å². The summed E-state index contributed by atoms with van der Waals surface area (Å²) in [4.78, 5) is 18.1. The van der Waals surface area contributed by atoms with Crippen LogP contribution in [0, 0.1) is 11.7 Å². The smallest absolute Gasteiger partial charge is 0.410 e. The molecular formula is C21H34FIN4O2. The molecule has 1 aromatic carbocycles. The van der Waals surface area contributed by atoms with Crippen LogP contribution >= 0.6 is 24.0 Å². The number of halogens is 2. The fourth-order valence-electron chi connectivity index (χ4n) is 3.12. The van der Waals surface area contributed by atoms with Crippen LogP contribution in [-0.2, 0) is 11.2 Å². The van der Waals surface area contributed by atoms with E-state index in [4.69, 9.17) is 4.74 Å². The SMILES string of the molecule is CN=C(NCCc1ccccc1F)NCC1CCN(C(=O)OC(C)(C)C)CC1.I. The second-order valence-corrected chi connectivity index (χ2v) is 8.13. The molecule has 2 rings (SSSR count). The van der Waals surface area contributed by atoms with Crippen molar-refractivity contribution in [1.29, 1.82) is 0 Å². The van der Waals surface area contributed by atoms with E-state index in [1.807, 2.05) is 26.8 Å². The standard InChI is InChI=1S/C21H33FN4O2.HI/c1-21(2,3)28-20(27)26-13-10-16(11-14-26)15-25-19(23-4)24-12-9-17-7-5-6-8-18(17)22;/h5-8,16H,9-15H2,1-4H3,(H2,23,24,25);1H. The molecule has 0 aliphatic carbocycles. The molecule has 1 aliphatic heterocycles. The van der Waals surface area contributed by atoms with Crippen molar-refractivity contribution in [2.45, 2.75) is 45.6 Å². The number of carbonyl (C=O) groups excluding carboxylic acids is 1. The number of nitrogens with one attached hydrogen (secondary N) is 2. The number of carbonyl (C=O) groups is 1. The Balaban J connectivity index is 0.00000420. The van der Waals surface area contributed by atoms with E-state index in [9.17, 15) is 9.18 Å². The lowest BCUT2D eigenvalue weighted by atomic mass is 9.97. The molecule has 0 unspecified atom stereocenters. The predicted octanol–water partition coefficient (Wildman–Crippen LogP) is 3.80. The molecule has 0 saturated carbocycles. The Kier molecular flexibility index (Phi) is 10.7. The van der Waals surface area contributed by atoms with Crippen molar-refractivity contribution in [1.82, 2.24) is 15.5 Å². The van der Waals surface area contributed by atoms with Gasteiger partial charge in [-0.25, -0.2) is 9.18 Å². The van der Waals surface area contributed by atoms with Crippen LogP contribution in [0.1, 0.15) is 39.2 Å². The zero-order chi connectivity index (χ0) is 20.6. The van der Waals surface area contributed by atoms with E-state index in [1.54, 1.807) is 24.1 Å². The number of hydrogen-bond acceptors (Lipinski definition) is 3. The highest BCUT2D eigenvalue weighted by Crippen LogP contribution is 2.19. The molecule has 29 heavy (non-hydrogen) atoms. The van der Waals surface area contributed by atoms with Crippen LogP contribution in [0.5, 0.6) is 0 Å². The lowest BCUT2D eigenvalue weighted by Gasteiger charge is -2.33. The van der Waals surface area contributed by atoms with E-state index in [-0.39, 0.29) is 35.9 Å². The van der Waals surface area contributed by atoms with E-state index in [0.717, 1.165) is 19.4 Å². The summed E-state index contributed by atoms with van der Waals surface area (Å²) in [5, 5.41) is 6.56. The van der Waals surface area contributed by atoms with Crippen LogP contribution < -0.4 is 10.6 Å². The summed E-state index contributed by atoms with van der Waals surface area (Å²) in [6, 6.07) is 6.81. The molecule has 1 fully saturated rings. The monoisotopic (exact) mass is 520 g/mol. The third-order valence-electron chi connectivity index (χ3n) is 4.69. The first-order valence-corrected chi connectivity index (χ1v) is 9.94. The van der Waals surface area contributed by atoms with Gasteiger partial charge < -0.3 is 20.3 Å². The fourth-order valence-corrected chi connectivity index (χ4v) is 3.12. The van der Waals surface area contributed by atoms with Crippen LogP contribution in [-0.4, -0.2) is 55.8 Å². The first-order chi connectivity index (χ1) is 13.3. The van der Waals surface area contributed by atoms with Gasteiger partial charge in [0.05, 0.1) is 0 Å². The number of nitrogens with zero attached hydrogens (tertiary/aromatic N) is 2. The third-order valence-corrected chi connectivity index (χ3v) is 4.69. The Morgan fingerprint density at radius 3 is 2.48 bits per heavy atom. The number of likely N-dealkylation sites (tertiary alicyclic amines) is 1. The van der Waals surface area contributed by atoms with E-state index in [2.05, 4.69) is 15.6 Å². The van der Waals surface area contributed by atoms with Crippen molar-refractivity contribution in [3.63, 3.8) is 0 Å². The van der Waals surface area contributed by atoms with Gasteiger partial charge in [-0.15, -0.1) is 24.0 Å². The average Bonchev–Trinajstić information content (AvgIpc) is 2.65. The third kappa shape index (κ3) is 9.18. The van der Waals surface area contributed by atoms with Gasteiger partial charge in [-0.05, 0) is 57.6 Å². The second kappa shape index (κ2) is 12.2. The van der Waals surface area contributed by atoms with Crippen molar-refractivity contribution in [3.05, 3.63) is 35.6 Å². The van der Waals surface area contributed by atoms with Crippen molar-refractivity contribution < 1.29 is 13.9 Å². The molecule has 1 saturated heterocycles. The Morgan fingerprint density at radius 1 is 1.24 bits per heavy atom. The number of rotatable bonds is 5. The minimum Gasteiger partial charge on any atom is -0.444 e. The Bertz CT molecular complexity index is 671. The number of benzene rings is 1. The molecule has 0 spiro atoms. The lowest BCUT2D eigenvalue weighted by molar-refractivity contribution is 0.0185. The minimum absolute atomic E-state index is 0. The number of aliphatic imine (C=N–C) groups is 1. The molecule has 1 aliphatic rings. The molecule has 164 valence electrons. The number of hydrogen-bond donors (Lipinski definition) is 2.